The molecule has 4 unspecified atom stereocenters. The summed E-state index contributed by atoms with van der Waals surface area (Å²) in [4.78, 5) is 24.8. The van der Waals surface area contributed by atoms with Gasteiger partial charge in [0.1, 0.15) is 0 Å². The molecule has 2 heterocycles. The van der Waals surface area contributed by atoms with Crippen molar-refractivity contribution in [3.8, 4) is 0 Å². The van der Waals surface area contributed by atoms with Crippen LogP contribution in [0.25, 0.3) is 0 Å². The van der Waals surface area contributed by atoms with Crippen LogP contribution in [0.3, 0.4) is 0 Å². The van der Waals surface area contributed by atoms with Gasteiger partial charge in [-0.15, -0.1) is 0 Å². The van der Waals surface area contributed by atoms with Crippen LogP contribution in [0.2, 0.25) is 0 Å². The number of hydrogen-bond acceptors (Lipinski definition) is 7. The molecule has 4 rings (SSSR count). The van der Waals surface area contributed by atoms with Crippen LogP contribution in [0.15, 0.2) is 48.5 Å². The first kappa shape index (κ1) is 27.2. The highest BCUT2D eigenvalue weighted by molar-refractivity contribution is 5.80. The van der Waals surface area contributed by atoms with Crippen molar-refractivity contribution in [3.63, 3.8) is 0 Å². The second-order valence-corrected chi connectivity index (χ2v) is 9.74. The molecule has 0 radical (unpaired) electrons. The van der Waals surface area contributed by atoms with Crippen LogP contribution in [0, 0.1) is 0 Å². The number of hydrogen-bond donors (Lipinski definition) is 4. The lowest BCUT2D eigenvalue weighted by Crippen LogP contribution is -2.42. The summed E-state index contributed by atoms with van der Waals surface area (Å²) in [7, 11) is 0. The molecule has 4 atom stereocenters. The molecule has 37 heavy (non-hydrogen) atoms. The minimum atomic E-state index is -0.996. The Morgan fingerprint density at radius 2 is 1.65 bits per heavy atom. The number of nitrogens with zero attached hydrogens (tertiary/aromatic N) is 1. The standard InChI is InChI=1S/C28H36N2O7/c31-17-20-5-7-21(8-6-20)25-14-24(16-30-13-1-2-23(30)18-32)36-28(37-25)22-9-3-19(4-10-22)15-29-26(33)11-12-27(34)35/h3-10,23-25,28,31-32H,1-2,11-18H2,(H,29,33)(H,34,35). The predicted octanol–water partition coefficient (Wildman–Crippen LogP) is 2.66. The van der Waals surface area contributed by atoms with E-state index in [-0.39, 0.29) is 50.2 Å². The summed E-state index contributed by atoms with van der Waals surface area (Å²) in [5.74, 6) is -1.30. The zero-order chi connectivity index (χ0) is 26.2. The molecule has 2 aromatic carbocycles. The molecule has 2 aliphatic heterocycles. The van der Waals surface area contributed by atoms with Crippen molar-refractivity contribution < 1.29 is 34.4 Å². The van der Waals surface area contributed by atoms with E-state index in [9.17, 15) is 19.8 Å². The molecule has 9 heteroatoms. The quantitative estimate of drug-likeness (QED) is 0.362. The number of aliphatic hydroxyl groups excluding tert-OH is 2. The highest BCUT2D eigenvalue weighted by Crippen LogP contribution is 2.38. The Labute approximate surface area is 217 Å². The fourth-order valence-electron chi connectivity index (χ4n) is 4.94. The average molecular weight is 513 g/mol. The summed E-state index contributed by atoms with van der Waals surface area (Å²) in [6, 6.07) is 15.6. The monoisotopic (exact) mass is 512 g/mol. The van der Waals surface area contributed by atoms with Crippen LogP contribution in [0.4, 0.5) is 0 Å². The van der Waals surface area contributed by atoms with Gasteiger partial charge in [-0.25, -0.2) is 0 Å². The second kappa shape index (κ2) is 13.1. The van der Waals surface area contributed by atoms with Gasteiger partial charge in [0, 0.05) is 37.5 Å². The van der Waals surface area contributed by atoms with Crippen LogP contribution < -0.4 is 5.32 Å². The van der Waals surface area contributed by atoms with Gasteiger partial charge in [-0.1, -0.05) is 48.5 Å². The molecule has 4 N–H and O–H groups in total. The van der Waals surface area contributed by atoms with E-state index in [0.29, 0.717) is 13.0 Å². The lowest BCUT2D eigenvalue weighted by atomic mass is 9.99. The van der Waals surface area contributed by atoms with Gasteiger partial charge in [-0.05, 0) is 36.1 Å². The van der Waals surface area contributed by atoms with Gasteiger partial charge in [0.2, 0.25) is 5.91 Å². The van der Waals surface area contributed by atoms with Crippen LogP contribution in [-0.2, 0) is 32.2 Å². The molecule has 2 aromatic rings. The minimum absolute atomic E-state index is 0.00989. The lowest BCUT2D eigenvalue weighted by molar-refractivity contribution is -0.253. The Morgan fingerprint density at radius 3 is 2.32 bits per heavy atom. The van der Waals surface area contributed by atoms with E-state index in [4.69, 9.17) is 14.6 Å². The summed E-state index contributed by atoms with van der Waals surface area (Å²) in [5, 5.41) is 30.6. The van der Waals surface area contributed by atoms with Gasteiger partial charge in [0.25, 0.3) is 0 Å². The van der Waals surface area contributed by atoms with Crippen LogP contribution in [-0.4, -0.2) is 63.9 Å². The zero-order valence-corrected chi connectivity index (χ0v) is 20.9. The number of carbonyl (C=O) groups is 2. The number of ether oxygens (including phenoxy) is 2. The fourth-order valence-corrected chi connectivity index (χ4v) is 4.94. The third-order valence-corrected chi connectivity index (χ3v) is 7.07. The van der Waals surface area contributed by atoms with E-state index in [1.54, 1.807) is 0 Å². The molecule has 2 fully saturated rings. The third kappa shape index (κ3) is 7.59. The smallest absolute Gasteiger partial charge is 0.303 e. The lowest BCUT2D eigenvalue weighted by Gasteiger charge is -2.38. The molecule has 0 bridgehead atoms. The first-order chi connectivity index (χ1) is 17.9. The first-order valence-corrected chi connectivity index (χ1v) is 12.9. The average Bonchev–Trinajstić information content (AvgIpc) is 3.37. The maximum atomic E-state index is 11.8. The minimum Gasteiger partial charge on any atom is -0.481 e. The number of likely N-dealkylation sites (tertiary alicyclic amines) is 1. The van der Waals surface area contributed by atoms with Crippen molar-refractivity contribution in [2.45, 2.75) is 69.8 Å². The van der Waals surface area contributed by atoms with Crippen LogP contribution in [0.1, 0.15) is 66.8 Å². The topological polar surface area (TPSA) is 129 Å². The summed E-state index contributed by atoms with van der Waals surface area (Å²) in [6.07, 6.45) is 1.67. The van der Waals surface area contributed by atoms with Gasteiger partial charge in [-0.2, -0.15) is 0 Å². The molecule has 2 saturated heterocycles. The molecule has 0 aromatic heterocycles. The number of amides is 1. The van der Waals surface area contributed by atoms with E-state index < -0.39 is 12.3 Å². The highest BCUT2D eigenvalue weighted by Gasteiger charge is 2.35. The fraction of sp³-hybridized carbons (Fsp3) is 0.500. The normalized spacial score (nSPS) is 24.2. The summed E-state index contributed by atoms with van der Waals surface area (Å²) in [5.41, 5.74) is 3.62. The molecular weight excluding hydrogens is 476 g/mol. The Bertz CT molecular complexity index is 1030. The Hall–Kier alpha value is -2.82. The number of aliphatic hydroxyl groups is 2. The van der Waals surface area contributed by atoms with Crippen molar-refractivity contribution in [2.75, 3.05) is 19.7 Å². The maximum Gasteiger partial charge on any atom is 0.303 e. The van der Waals surface area contributed by atoms with Crippen molar-refractivity contribution in [3.05, 3.63) is 70.8 Å². The van der Waals surface area contributed by atoms with Gasteiger partial charge in [0.15, 0.2) is 6.29 Å². The van der Waals surface area contributed by atoms with Gasteiger partial charge in [-0.3, -0.25) is 14.5 Å². The van der Waals surface area contributed by atoms with Crippen molar-refractivity contribution in [2.24, 2.45) is 0 Å². The van der Waals surface area contributed by atoms with E-state index in [1.807, 2.05) is 48.5 Å². The maximum absolute atomic E-state index is 11.8. The van der Waals surface area contributed by atoms with Gasteiger partial charge >= 0.3 is 5.97 Å². The van der Waals surface area contributed by atoms with Crippen molar-refractivity contribution >= 4 is 11.9 Å². The van der Waals surface area contributed by atoms with E-state index in [0.717, 1.165) is 48.2 Å². The summed E-state index contributed by atoms with van der Waals surface area (Å²) < 4.78 is 12.8. The number of carboxylic acids is 1. The third-order valence-electron chi connectivity index (χ3n) is 7.07. The number of aliphatic carboxylic acids is 1. The van der Waals surface area contributed by atoms with Gasteiger partial charge < -0.3 is 30.1 Å². The molecule has 1 amide bonds. The Morgan fingerprint density at radius 1 is 0.946 bits per heavy atom. The van der Waals surface area contributed by atoms with Crippen molar-refractivity contribution in [1.82, 2.24) is 10.2 Å². The SMILES string of the molecule is O=C(O)CCC(=O)NCc1ccc(C2OC(CN3CCCC3CO)CC(c3ccc(CO)cc3)O2)cc1. The molecule has 0 saturated carbocycles. The molecular formula is C28H36N2O7. The molecule has 9 nitrogen and oxygen atoms in total. The highest BCUT2D eigenvalue weighted by atomic mass is 16.7. The van der Waals surface area contributed by atoms with E-state index in [1.165, 1.54) is 0 Å². The first-order valence-electron chi connectivity index (χ1n) is 12.9. The molecule has 2 aliphatic rings. The summed E-state index contributed by atoms with van der Waals surface area (Å²) in [6.45, 7) is 2.11. The van der Waals surface area contributed by atoms with E-state index in [2.05, 4.69) is 10.2 Å². The number of benzene rings is 2. The second-order valence-electron chi connectivity index (χ2n) is 9.74. The number of rotatable bonds is 11. The number of carboxylic acid groups (broad SMARTS) is 1. The largest absolute Gasteiger partial charge is 0.481 e. The number of nitrogens with one attached hydrogen (secondary N) is 1. The van der Waals surface area contributed by atoms with E-state index >= 15 is 0 Å². The molecule has 200 valence electrons. The summed E-state index contributed by atoms with van der Waals surface area (Å²) >= 11 is 0. The predicted molar refractivity (Wildman–Crippen MR) is 135 cm³/mol. The zero-order valence-electron chi connectivity index (χ0n) is 20.9. The number of carbonyl (C=O) groups excluding carboxylic acids is 1. The Balaban J connectivity index is 1.44. The van der Waals surface area contributed by atoms with Crippen molar-refractivity contribution in [1.29, 1.82) is 0 Å². The van der Waals surface area contributed by atoms with Crippen LogP contribution in [0.5, 0.6) is 0 Å². The Kier molecular flexibility index (Phi) is 9.65. The van der Waals surface area contributed by atoms with Crippen LogP contribution >= 0.6 is 0 Å². The molecule has 0 aliphatic carbocycles. The van der Waals surface area contributed by atoms with Gasteiger partial charge in [0.05, 0.1) is 31.8 Å². The molecule has 0 spiro atoms.